The lowest BCUT2D eigenvalue weighted by molar-refractivity contribution is 0.0762. The molecule has 9 heteroatoms. The second kappa shape index (κ2) is 9.34. The summed E-state index contributed by atoms with van der Waals surface area (Å²) in [6.07, 6.45) is 3.28. The zero-order chi connectivity index (χ0) is 24.5. The summed E-state index contributed by atoms with van der Waals surface area (Å²) >= 11 is 0. The van der Waals surface area contributed by atoms with Gasteiger partial charge in [-0.25, -0.2) is 0 Å². The first-order valence-electron chi connectivity index (χ1n) is 11.3. The summed E-state index contributed by atoms with van der Waals surface area (Å²) in [5.74, 6) is 0.454. The zero-order valence-corrected chi connectivity index (χ0v) is 19.9. The highest BCUT2D eigenvalue weighted by atomic mass is 16.3. The van der Waals surface area contributed by atoms with E-state index in [0.717, 1.165) is 17.8 Å². The Morgan fingerprint density at radius 1 is 1.26 bits per heavy atom. The molecule has 1 aromatic carbocycles. The molecule has 178 valence electrons. The van der Waals surface area contributed by atoms with Crippen LogP contribution >= 0.6 is 0 Å². The Labute approximate surface area is 198 Å². The Balaban J connectivity index is 1.45. The van der Waals surface area contributed by atoms with E-state index in [1.54, 1.807) is 17.3 Å². The van der Waals surface area contributed by atoms with Gasteiger partial charge < -0.3 is 19.9 Å². The number of pyridine rings is 1. The third kappa shape index (κ3) is 4.99. The smallest absolute Gasteiger partial charge is 0.274 e. The molecule has 0 radical (unpaired) electrons. The van der Waals surface area contributed by atoms with E-state index in [9.17, 15) is 14.7 Å². The normalized spacial score (nSPS) is 18.0. The number of aryl methyl sites for hydroxylation is 1. The summed E-state index contributed by atoms with van der Waals surface area (Å²) in [5.41, 5.74) is 1.87. The van der Waals surface area contributed by atoms with Crippen molar-refractivity contribution in [1.29, 1.82) is 0 Å². The van der Waals surface area contributed by atoms with Crippen LogP contribution in [0.5, 0.6) is 0 Å². The maximum Gasteiger partial charge on any atom is 0.274 e. The number of carbonyl (C=O) groups is 2. The van der Waals surface area contributed by atoms with E-state index in [1.165, 1.54) is 12.3 Å². The number of anilines is 1. The minimum atomic E-state index is -0.579. The van der Waals surface area contributed by atoms with Crippen molar-refractivity contribution in [2.24, 2.45) is 12.5 Å². The molecule has 0 spiro atoms. The van der Waals surface area contributed by atoms with Gasteiger partial charge in [0.2, 0.25) is 0 Å². The molecule has 3 aromatic rings. The number of aliphatic hydroxyl groups excluding tert-OH is 1. The monoisotopic (exact) mass is 462 g/mol. The van der Waals surface area contributed by atoms with Crippen molar-refractivity contribution in [2.75, 3.05) is 18.4 Å². The third-order valence-corrected chi connectivity index (χ3v) is 6.43. The van der Waals surface area contributed by atoms with Crippen molar-refractivity contribution in [3.63, 3.8) is 0 Å². The molecular formula is C25H30N6O3. The predicted octanol–water partition coefficient (Wildman–Crippen LogP) is 2.65. The maximum absolute atomic E-state index is 12.9. The number of hydrogen-bond donors (Lipinski definition) is 2. The number of likely N-dealkylation sites (tertiary alicyclic amines) is 1. The van der Waals surface area contributed by atoms with E-state index in [0.29, 0.717) is 17.8 Å². The average Bonchev–Trinajstić information content (AvgIpc) is 3.34. The van der Waals surface area contributed by atoms with Gasteiger partial charge in [0, 0.05) is 49.4 Å². The highest BCUT2D eigenvalue weighted by Gasteiger charge is 2.40. The van der Waals surface area contributed by atoms with Gasteiger partial charge in [0.25, 0.3) is 11.8 Å². The molecule has 0 aliphatic carbocycles. The average molecular weight is 463 g/mol. The number of aromatic nitrogens is 4. The lowest BCUT2D eigenvalue weighted by atomic mass is 9.90. The molecule has 2 aromatic heterocycles. The van der Waals surface area contributed by atoms with Gasteiger partial charge in [-0.05, 0) is 35.7 Å². The van der Waals surface area contributed by atoms with Gasteiger partial charge in [-0.3, -0.25) is 14.6 Å². The number of β-amino-alcohol motifs (C(OH)–C–C–N with tert-alkyl or cyclic N) is 1. The lowest BCUT2D eigenvalue weighted by Gasteiger charge is -2.21. The number of hydrogen-bond acceptors (Lipinski definition) is 6. The molecule has 0 saturated carbocycles. The quantitative estimate of drug-likeness (QED) is 0.582. The lowest BCUT2D eigenvalue weighted by Crippen LogP contribution is -2.30. The van der Waals surface area contributed by atoms with Crippen LogP contribution in [0.2, 0.25) is 0 Å². The second-order valence-electron chi connectivity index (χ2n) is 9.66. The number of benzene rings is 1. The van der Waals surface area contributed by atoms with E-state index >= 15 is 0 Å². The first kappa shape index (κ1) is 23.6. The maximum atomic E-state index is 12.9. The standard InChI is InChI=1S/C25H30N6O3/c1-16(10-22-29-27-15-30(22)4)17-6-5-7-19(11-17)28-23(33)20-12-18(8-9-26-20)24(34)31-13-21(32)25(2,3)14-31/h5-9,11-12,15-16,21,32H,10,13-14H2,1-4H3,(H,28,33). The number of amides is 2. The molecule has 1 fully saturated rings. The first-order chi connectivity index (χ1) is 16.1. The fourth-order valence-corrected chi connectivity index (χ4v) is 4.14. The number of carbonyl (C=O) groups excluding carboxylic acids is 2. The van der Waals surface area contributed by atoms with Crippen LogP contribution in [0.3, 0.4) is 0 Å². The van der Waals surface area contributed by atoms with Crippen LogP contribution in [0.25, 0.3) is 0 Å². The third-order valence-electron chi connectivity index (χ3n) is 6.43. The molecule has 4 rings (SSSR count). The number of rotatable bonds is 6. The Hall–Kier alpha value is -3.59. The Kier molecular flexibility index (Phi) is 6.47. The largest absolute Gasteiger partial charge is 0.391 e. The van der Waals surface area contributed by atoms with E-state index < -0.39 is 12.0 Å². The van der Waals surface area contributed by atoms with Gasteiger partial charge in [0.1, 0.15) is 17.8 Å². The topological polar surface area (TPSA) is 113 Å². The highest BCUT2D eigenvalue weighted by molar-refractivity contribution is 6.04. The Morgan fingerprint density at radius 2 is 2.06 bits per heavy atom. The Morgan fingerprint density at radius 3 is 2.74 bits per heavy atom. The molecule has 1 saturated heterocycles. The van der Waals surface area contributed by atoms with Crippen molar-refractivity contribution < 1.29 is 14.7 Å². The molecule has 1 aliphatic rings. The van der Waals surface area contributed by atoms with Crippen molar-refractivity contribution in [1.82, 2.24) is 24.6 Å². The summed E-state index contributed by atoms with van der Waals surface area (Å²) in [6, 6.07) is 10.7. The van der Waals surface area contributed by atoms with Gasteiger partial charge in [-0.15, -0.1) is 10.2 Å². The number of nitrogens with one attached hydrogen (secondary N) is 1. The van der Waals surface area contributed by atoms with Gasteiger partial charge in [0.15, 0.2) is 0 Å². The molecule has 2 amide bonds. The van der Waals surface area contributed by atoms with Gasteiger partial charge in [-0.1, -0.05) is 32.9 Å². The van der Waals surface area contributed by atoms with Crippen molar-refractivity contribution in [2.45, 2.75) is 39.2 Å². The summed E-state index contributed by atoms with van der Waals surface area (Å²) in [4.78, 5) is 31.6. The SMILES string of the molecule is CC(Cc1nncn1C)c1cccc(NC(=O)c2cc(C(=O)N3CC(O)C(C)(C)C3)ccn2)c1. The van der Waals surface area contributed by atoms with Crippen molar-refractivity contribution >= 4 is 17.5 Å². The van der Waals surface area contributed by atoms with Crippen LogP contribution in [0.1, 0.15) is 58.9 Å². The van der Waals surface area contributed by atoms with Crippen LogP contribution in [0.4, 0.5) is 5.69 Å². The molecule has 2 atom stereocenters. The zero-order valence-electron chi connectivity index (χ0n) is 19.9. The summed E-state index contributed by atoms with van der Waals surface area (Å²) in [5, 5.41) is 21.1. The van der Waals surface area contributed by atoms with Gasteiger partial charge in [-0.2, -0.15) is 0 Å². The number of nitrogens with zero attached hydrogens (tertiary/aromatic N) is 5. The molecule has 1 aliphatic heterocycles. The molecule has 3 heterocycles. The van der Waals surface area contributed by atoms with E-state index in [2.05, 4.69) is 27.4 Å². The molecule has 34 heavy (non-hydrogen) atoms. The Bertz CT molecular complexity index is 1200. The molecule has 2 N–H and O–H groups in total. The van der Waals surface area contributed by atoms with Crippen molar-refractivity contribution in [3.8, 4) is 0 Å². The van der Waals surface area contributed by atoms with Crippen LogP contribution in [0, 0.1) is 5.41 Å². The van der Waals surface area contributed by atoms with E-state index in [1.807, 2.05) is 49.7 Å². The number of aliphatic hydroxyl groups is 1. The minimum absolute atomic E-state index is 0.155. The summed E-state index contributed by atoms with van der Waals surface area (Å²) < 4.78 is 1.89. The van der Waals surface area contributed by atoms with Crippen LogP contribution in [0.15, 0.2) is 48.9 Å². The van der Waals surface area contributed by atoms with Gasteiger partial charge >= 0.3 is 0 Å². The summed E-state index contributed by atoms with van der Waals surface area (Å²) in [7, 11) is 1.91. The fourth-order valence-electron chi connectivity index (χ4n) is 4.14. The van der Waals surface area contributed by atoms with Crippen molar-refractivity contribution in [3.05, 3.63) is 71.6 Å². The van der Waals surface area contributed by atoms with E-state index in [-0.39, 0.29) is 29.5 Å². The van der Waals surface area contributed by atoms with Gasteiger partial charge in [0.05, 0.1) is 6.10 Å². The van der Waals surface area contributed by atoms with Crippen LogP contribution in [-0.4, -0.2) is 60.8 Å². The molecule has 0 bridgehead atoms. The van der Waals surface area contributed by atoms with Crippen LogP contribution < -0.4 is 5.32 Å². The fraction of sp³-hybridized carbons (Fsp3) is 0.400. The predicted molar refractivity (Wildman–Crippen MR) is 127 cm³/mol. The highest BCUT2D eigenvalue weighted by Crippen LogP contribution is 2.30. The van der Waals surface area contributed by atoms with E-state index in [4.69, 9.17) is 0 Å². The van der Waals surface area contributed by atoms with Crippen LogP contribution in [-0.2, 0) is 13.5 Å². The molecular weight excluding hydrogens is 432 g/mol. The summed E-state index contributed by atoms with van der Waals surface area (Å²) in [6.45, 7) is 6.69. The minimum Gasteiger partial charge on any atom is -0.391 e. The first-order valence-corrected chi connectivity index (χ1v) is 11.3. The second-order valence-corrected chi connectivity index (χ2v) is 9.66. The molecule has 2 unspecified atom stereocenters. The molecule has 9 nitrogen and oxygen atoms in total.